The minimum Gasteiger partial charge on any atom is -0.493 e. The lowest BCUT2D eigenvalue weighted by molar-refractivity contribution is -0.122. The van der Waals surface area contributed by atoms with Crippen molar-refractivity contribution in [1.29, 1.82) is 0 Å². The standard InChI is InChI=1S/C15H23NO3/c1-10(2)16-15(18)7-8-19-14-9-11(3)5-6-13(14)12(4)17/h5-6,9-10,12,17H,7-8H2,1-4H3,(H,16,18)/t12-/m0/s1. The summed E-state index contributed by atoms with van der Waals surface area (Å²) in [5.74, 6) is 0.619. The van der Waals surface area contributed by atoms with Crippen LogP contribution in [0.15, 0.2) is 18.2 Å². The van der Waals surface area contributed by atoms with Crippen LogP contribution in [-0.2, 0) is 4.79 Å². The lowest BCUT2D eigenvalue weighted by Crippen LogP contribution is -2.31. The third-order valence-electron chi connectivity index (χ3n) is 2.66. The highest BCUT2D eigenvalue weighted by Crippen LogP contribution is 2.26. The molecular weight excluding hydrogens is 242 g/mol. The Balaban J connectivity index is 2.57. The van der Waals surface area contributed by atoms with Gasteiger partial charge in [0.15, 0.2) is 0 Å². The molecule has 0 spiro atoms. The van der Waals surface area contributed by atoms with E-state index in [1.807, 2.05) is 39.0 Å². The first-order chi connectivity index (χ1) is 8.90. The van der Waals surface area contributed by atoms with Crippen LogP contribution in [-0.4, -0.2) is 23.7 Å². The maximum Gasteiger partial charge on any atom is 0.223 e. The van der Waals surface area contributed by atoms with E-state index in [0.717, 1.165) is 11.1 Å². The summed E-state index contributed by atoms with van der Waals surface area (Å²) in [6, 6.07) is 5.80. The molecule has 0 saturated heterocycles. The van der Waals surface area contributed by atoms with Crippen LogP contribution in [0.5, 0.6) is 5.75 Å². The van der Waals surface area contributed by atoms with Gasteiger partial charge in [0.05, 0.1) is 19.1 Å². The van der Waals surface area contributed by atoms with Crippen molar-refractivity contribution < 1.29 is 14.6 Å². The topological polar surface area (TPSA) is 58.6 Å². The van der Waals surface area contributed by atoms with Crippen LogP contribution in [0, 0.1) is 6.92 Å². The minimum absolute atomic E-state index is 0.0266. The van der Waals surface area contributed by atoms with Crippen molar-refractivity contribution in [3.05, 3.63) is 29.3 Å². The first-order valence-corrected chi connectivity index (χ1v) is 6.61. The van der Waals surface area contributed by atoms with Gasteiger partial charge in [-0.3, -0.25) is 4.79 Å². The Labute approximate surface area is 114 Å². The van der Waals surface area contributed by atoms with E-state index in [0.29, 0.717) is 18.8 Å². The van der Waals surface area contributed by atoms with E-state index in [9.17, 15) is 9.90 Å². The highest BCUT2D eigenvalue weighted by atomic mass is 16.5. The SMILES string of the molecule is Cc1ccc([C@H](C)O)c(OCCC(=O)NC(C)C)c1. The Bertz CT molecular complexity index is 427. The quantitative estimate of drug-likeness (QED) is 0.830. The lowest BCUT2D eigenvalue weighted by atomic mass is 10.1. The molecule has 0 aliphatic carbocycles. The molecule has 0 aromatic heterocycles. The number of rotatable bonds is 6. The normalized spacial score (nSPS) is 12.3. The Morgan fingerprint density at radius 3 is 2.63 bits per heavy atom. The number of aryl methyl sites for hydroxylation is 1. The lowest BCUT2D eigenvalue weighted by Gasteiger charge is -2.14. The van der Waals surface area contributed by atoms with Gasteiger partial charge in [-0.25, -0.2) is 0 Å². The van der Waals surface area contributed by atoms with Crippen LogP contribution in [0.4, 0.5) is 0 Å². The van der Waals surface area contributed by atoms with Gasteiger partial charge in [-0.1, -0.05) is 12.1 Å². The second-order valence-corrected chi connectivity index (χ2v) is 5.04. The smallest absolute Gasteiger partial charge is 0.223 e. The van der Waals surface area contributed by atoms with Gasteiger partial charge in [0, 0.05) is 11.6 Å². The van der Waals surface area contributed by atoms with Crippen LogP contribution in [0.3, 0.4) is 0 Å². The van der Waals surface area contributed by atoms with Gasteiger partial charge in [-0.2, -0.15) is 0 Å². The number of benzene rings is 1. The van der Waals surface area contributed by atoms with Gasteiger partial charge in [0.1, 0.15) is 5.75 Å². The Morgan fingerprint density at radius 1 is 1.37 bits per heavy atom. The zero-order chi connectivity index (χ0) is 14.4. The summed E-state index contributed by atoms with van der Waals surface area (Å²) >= 11 is 0. The van der Waals surface area contributed by atoms with Gasteiger partial charge in [0.25, 0.3) is 0 Å². The summed E-state index contributed by atoms with van der Waals surface area (Å²) < 4.78 is 5.61. The molecule has 0 aliphatic heterocycles. The number of hydrogen-bond acceptors (Lipinski definition) is 3. The van der Waals surface area contributed by atoms with Crippen molar-refractivity contribution in [1.82, 2.24) is 5.32 Å². The van der Waals surface area contributed by atoms with E-state index in [4.69, 9.17) is 4.74 Å². The molecule has 2 N–H and O–H groups in total. The van der Waals surface area contributed by atoms with Gasteiger partial charge in [-0.05, 0) is 39.3 Å². The molecule has 1 rings (SSSR count). The summed E-state index contributed by atoms with van der Waals surface area (Å²) in [6.07, 6.45) is -0.272. The monoisotopic (exact) mass is 265 g/mol. The van der Waals surface area contributed by atoms with E-state index in [1.54, 1.807) is 6.92 Å². The predicted octanol–water partition coefficient (Wildman–Crippen LogP) is 2.34. The number of amides is 1. The second-order valence-electron chi connectivity index (χ2n) is 5.04. The number of carbonyl (C=O) groups is 1. The predicted molar refractivity (Wildman–Crippen MR) is 75.2 cm³/mol. The molecule has 1 amide bonds. The van der Waals surface area contributed by atoms with Gasteiger partial charge < -0.3 is 15.2 Å². The Morgan fingerprint density at radius 2 is 2.05 bits per heavy atom. The van der Waals surface area contributed by atoms with Crippen molar-refractivity contribution in [2.75, 3.05) is 6.61 Å². The van der Waals surface area contributed by atoms with E-state index in [2.05, 4.69) is 5.32 Å². The third-order valence-corrected chi connectivity index (χ3v) is 2.66. The van der Waals surface area contributed by atoms with E-state index < -0.39 is 6.10 Å². The van der Waals surface area contributed by atoms with Crippen LogP contribution < -0.4 is 10.1 Å². The number of carbonyl (C=O) groups excluding carboxylic acids is 1. The average Bonchev–Trinajstić information content (AvgIpc) is 2.27. The van der Waals surface area contributed by atoms with Gasteiger partial charge in [-0.15, -0.1) is 0 Å². The molecule has 0 aliphatic rings. The molecule has 4 nitrogen and oxygen atoms in total. The maximum atomic E-state index is 11.5. The summed E-state index contributed by atoms with van der Waals surface area (Å²) in [6.45, 7) is 7.81. The zero-order valence-corrected chi connectivity index (χ0v) is 12.1. The fraction of sp³-hybridized carbons (Fsp3) is 0.533. The number of nitrogens with one attached hydrogen (secondary N) is 1. The first-order valence-electron chi connectivity index (χ1n) is 6.61. The highest BCUT2D eigenvalue weighted by Gasteiger charge is 2.10. The minimum atomic E-state index is -0.583. The first kappa shape index (κ1) is 15.5. The van der Waals surface area contributed by atoms with Crippen molar-refractivity contribution in [3.8, 4) is 5.75 Å². The Kier molecular flexibility index (Phi) is 5.83. The third kappa shape index (κ3) is 5.30. The van der Waals surface area contributed by atoms with Gasteiger partial charge in [0.2, 0.25) is 5.91 Å². The van der Waals surface area contributed by atoms with Crippen molar-refractivity contribution >= 4 is 5.91 Å². The van der Waals surface area contributed by atoms with Crippen LogP contribution in [0.25, 0.3) is 0 Å². The summed E-state index contributed by atoms with van der Waals surface area (Å²) in [5, 5.41) is 12.5. The molecule has 0 fully saturated rings. The second kappa shape index (κ2) is 7.14. The van der Waals surface area contributed by atoms with E-state index in [1.165, 1.54) is 0 Å². The Hall–Kier alpha value is -1.55. The molecule has 1 aromatic carbocycles. The highest BCUT2D eigenvalue weighted by molar-refractivity contribution is 5.76. The zero-order valence-electron chi connectivity index (χ0n) is 12.1. The average molecular weight is 265 g/mol. The van der Waals surface area contributed by atoms with E-state index >= 15 is 0 Å². The summed E-state index contributed by atoms with van der Waals surface area (Å²) in [5.41, 5.74) is 1.81. The molecular formula is C15H23NO3. The van der Waals surface area contributed by atoms with Crippen molar-refractivity contribution in [2.24, 2.45) is 0 Å². The summed E-state index contributed by atoms with van der Waals surface area (Å²) in [4.78, 5) is 11.5. The number of aliphatic hydroxyl groups is 1. The van der Waals surface area contributed by atoms with Crippen molar-refractivity contribution in [2.45, 2.75) is 46.3 Å². The molecule has 4 heteroatoms. The molecule has 0 heterocycles. The molecule has 106 valence electrons. The van der Waals surface area contributed by atoms with Crippen LogP contribution in [0.2, 0.25) is 0 Å². The van der Waals surface area contributed by atoms with Crippen molar-refractivity contribution in [3.63, 3.8) is 0 Å². The molecule has 19 heavy (non-hydrogen) atoms. The number of hydrogen-bond donors (Lipinski definition) is 2. The fourth-order valence-electron chi connectivity index (χ4n) is 1.76. The largest absolute Gasteiger partial charge is 0.493 e. The van der Waals surface area contributed by atoms with Crippen LogP contribution in [0.1, 0.15) is 44.4 Å². The van der Waals surface area contributed by atoms with E-state index in [-0.39, 0.29) is 11.9 Å². The number of aliphatic hydroxyl groups excluding tert-OH is 1. The maximum absolute atomic E-state index is 11.5. The van der Waals surface area contributed by atoms with Crippen LogP contribution >= 0.6 is 0 Å². The van der Waals surface area contributed by atoms with Gasteiger partial charge >= 0.3 is 0 Å². The fourth-order valence-corrected chi connectivity index (χ4v) is 1.76. The molecule has 0 radical (unpaired) electrons. The molecule has 0 saturated carbocycles. The molecule has 1 atom stereocenters. The number of ether oxygens (including phenoxy) is 1. The summed E-state index contributed by atoms with van der Waals surface area (Å²) in [7, 11) is 0. The molecule has 0 bridgehead atoms. The molecule has 1 aromatic rings. The molecule has 0 unspecified atom stereocenters.